The summed E-state index contributed by atoms with van der Waals surface area (Å²) in [5, 5.41) is 21.9. The molecule has 1 aliphatic carbocycles. The van der Waals surface area contributed by atoms with Crippen LogP contribution in [-0.4, -0.2) is 24.5 Å². The van der Waals surface area contributed by atoms with Crippen LogP contribution in [0.1, 0.15) is 34.8 Å². The van der Waals surface area contributed by atoms with Crippen molar-refractivity contribution in [1.82, 2.24) is 24.5 Å². The van der Waals surface area contributed by atoms with Crippen LogP contribution in [-0.2, 0) is 19.6 Å². The van der Waals surface area contributed by atoms with Crippen molar-refractivity contribution in [2.75, 3.05) is 5.32 Å². The third kappa shape index (κ3) is 3.18. The zero-order chi connectivity index (χ0) is 21.8. The largest absolute Gasteiger partial charge is 0.418 e. The molecule has 1 aliphatic rings. The third-order valence-electron chi connectivity index (χ3n) is 5.48. The van der Waals surface area contributed by atoms with E-state index in [2.05, 4.69) is 20.5 Å². The molecule has 1 aromatic carbocycles. The minimum Gasteiger partial charge on any atom is -0.377 e. The number of nitriles is 1. The summed E-state index contributed by atoms with van der Waals surface area (Å²) >= 11 is 0. The average molecular weight is 423 g/mol. The summed E-state index contributed by atoms with van der Waals surface area (Å²) in [6.45, 7) is 0. The van der Waals surface area contributed by atoms with Crippen LogP contribution < -0.4 is 5.32 Å². The summed E-state index contributed by atoms with van der Waals surface area (Å²) in [4.78, 5) is 4.19. The van der Waals surface area contributed by atoms with E-state index >= 15 is 0 Å². The Bertz CT molecular complexity index is 1340. The van der Waals surface area contributed by atoms with Crippen molar-refractivity contribution in [2.24, 2.45) is 7.05 Å². The highest BCUT2D eigenvalue weighted by atomic mass is 19.4. The Morgan fingerprint density at radius 2 is 2.03 bits per heavy atom. The number of anilines is 1. The topological polar surface area (TPSA) is 84.4 Å². The Morgan fingerprint density at radius 3 is 2.74 bits per heavy atom. The molecule has 0 radical (unpaired) electrons. The van der Waals surface area contributed by atoms with Crippen molar-refractivity contribution in [2.45, 2.75) is 25.1 Å². The number of pyridine rings is 1. The lowest BCUT2D eigenvalue weighted by molar-refractivity contribution is -0.138. The van der Waals surface area contributed by atoms with Gasteiger partial charge in [0.15, 0.2) is 0 Å². The Morgan fingerprint density at radius 1 is 1.19 bits per heavy atom. The number of benzene rings is 1. The van der Waals surface area contributed by atoms with Gasteiger partial charge in [-0.3, -0.25) is 9.67 Å². The third-order valence-corrected chi connectivity index (χ3v) is 5.48. The maximum absolute atomic E-state index is 13.6. The van der Waals surface area contributed by atoms with Crippen LogP contribution in [0.4, 0.5) is 18.9 Å². The molecule has 0 saturated heterocycles. The van der Waals surface area contributed by atoms with E-state index in [0.29, 0.717) is 12.1 Å². The lowest BCUT2D eigenvalue weighted by Crippen LogP contribution is -2.14. The van der Waals surface area contributed by atoms with E-state index in [4.69, 9.17) is 5.26 Å². The number of alkyl halides is 3. The van der Waals surface area contributed by atoms with Gasteiger partial charge in [-0.15, -0.1) is 0 Å². The summed E-state index contributed by atoms with van der Waals surface area (Å²) in [5.41, 5.74) is 1.54. The SMILES string of the molecule is Cn1cc(-n2ncc3ccc(NC4CCc5c4ncc(C#N)c5C(F)(F)F)cc32)cn1. The van der Waals surface area contributed by atoms with Crippen LogP contribution in [0.25, 0.3) is 16.6 Å². The zero-order valence-electron chi connectivity index (χ0n) is 16.4. The predicted molar refractivity (Wildman–Crippen MR) is 106 cm³/mol. The van der Waals surface area contributed by atoms with Crippen molar-refractivity contribution in [3.8, 4) is 11.8 Å². The highest BCUT2D eigenvalue weighted by molar-refractivity contribution is 5.83. The number of hydrogen-bond acceptors (Lipinski definition) is 5. The number of hydrogen-bond donors (Lipinski definition) is 1. The number of halogens is 3. The summed E-state index contributed by atoms with van der Waals surface area (Å²) < 4.78 is 44.2. The van der Waals surface area contributed by atoms with Crippen molar-refractivity contribution in [3.63, 3.8) is 0 Å². The van der Waals surface area contributed by atoms with E-state index in [0.717, 1.165) is 28.5 Å². The molecule has 5 rings (SSSR count). The normalized spacial score (nSPS) is 15.8. The molecule has 0 saturated carbocycles. The molecule has 0 fully saturated rings. The summed E-state index contributed by atoms with van der Waals surface area (Å²) in [6, 6.07) is 6.91. The molecule has 0 spiro atoms. The van der Waals surface area contributed by atoms with E-state index in [1.807, 2.05) is 31.4 Å². The Kier molecular flexibility index (Phi) is 4.22. The van der Waals surface area contributed by atoms with Crippen LogP contribution in [0, 0.1) is 11.3 Å². The van der Waals surface area contributed by atoms with E-state index in [1.165, 1.54) is 0 Å². The number of aryl methyl sites for hydroxylation is 1. The van der Waals surface area contributed by atoms with Crippen molar-refractivity contribution < 1.29 is 13.2 Å². The standard InChI is InChI=1S/C21H16F3N7/c1-30-11-15(10-27-30)31-18-6-14(3-2-12(18)9-28-31)29-17-5-4-16-19(21(22,23)24)13(7-25)8-26-20(16)17/h2-3,6,8-11,17,29H,4-5H2,1H3. The molecule has 31 heavy (non-hydrogen) atoms. The van der Waals surface area contributed by atoms with E-state index in [-0.39, 0.29) is 18.0 Å². The van der Waals surface area contributed by atoms with Gasteiger partial charge in [-0.1, -0.05) is 0 Å². The molecule has 1 unspecified atom stereocenters. The van der Waals surface area contributed by atoms with Gasteiger partial charge >= 0.3 is 6.18 Å². The van der Waals surface area contributed by atoms with Gasteiger partial charge < -0.3 is 5.32 Å². The quantitative estimate of drug-likeness (QED) is 0.535. The average Bonchev–Trinajstić information content (AvgIpc) is 3.44. The van der Waals surface area contributed by atoms with Gasteiger partial charge in [-0.2, -0.15) is 28.6 Å². The smallest absolute Gasteiger partial charge is 0.377 e. The predicted octanol–water partition coefficient (Wildman–Crippen LogP) is 4.14. The van der Waals surface area contributed by atoms with E-state index in [9.17, 15) is 13.2 Å². The van der Waals surface area contributed by atoms with Gasteiger partial charge in [0.1, 0.15) is 11.8 Å². The fraction of sp³-hybridized carbons (Fsp3) is 0.238. The fourth-order valence-corrected chi connectivity index (χ4v) is 4.13. The van der Waals surface area contributed by atoms with Crippen molar-refractivity contribution in [1.29, 1.82) is 5.26 Å². The maximum atomic E-state index is 13.6. The van der Waals surface area contributed by atoms with Gasteiger partial charge in [0.25, 0.3) is 0 Å². The molecule has 4 aromatic rings. The van der Waals surface area contributed by atoms with Crippen LogP contribution in [0.5, 0.6) is 0 Å². The Labute approximate surface area is 174 Å². The van der Waals surface area contributed by atoms with Crippen LogP contribution in [0.2, 0.25) is 0 Å². The summed E-state index contributed by atoms with van der Waals surface area (Å²) in [7, 11) is 1.82. The lowest BCUT2D eigenvalue weighted by Gasteiger charge is -2.17. The minimum atomic E-state index is -4.60. The second-order valence-corrected chi connectivity index (χ2v) is 7.46. The first-order valence-corrected chi connectivity index (χ1v) is 9.57. The molecule has 0 amide bonds. The number of fused-ring (bicyclic) bond motifs is 2. The molecule has 3 aromatic heterocycles. The highest BCUT2D eigenvalue weighted by Gasteiger charge is 2.40. The van der Waals surface area contributed by atoms with Crippen LogP contribution in [0.3, 0.4) is 0 Å². The number of rotatable bonds is 3. The summed E-state index contributed by atoms with van der Waals surface area (Å²) in [6.07, 6.45) is 2.38. The Hall–Kier alpha value is -3.87. The molecule has 0 aliphatic heterocycles. The van der Waals surface area contributed by atoms with Crippen molar-refractivity contribution >= 4 is 16.6 Å². The number of aromatic nitrogens is 5. The van der Waals surface area contributed by atoms with Gasteiger partial charge in [0, 0.05) is 24.3 Å². The number of nitrogens with one attached hydrogen (secondary N) is 1. The first kappa shape index (κ1) is 19.1. The summed E-state index contributed by atoms with van der Waals surface area (Å²) in [5.74, 6) is 0. The molecule has 156 valence electrons. The molecule has 0 bridgehead atoms. The molecular weight excluding hydrogens is 407 g/mol. The zero-order valence-corrected chi connectivity index (χ0v) is 16.4. The fourth-order valence-electron chi connectivity index (χ4n) is 4.13. The Balaban J connectivity index is 1.51. The molecule has 3 heterocycles. The van der Waals surface area contributed by atoms with Crippen LogP contribution >= 0.6 is 0 Å². The number of nitrogens with zero attached hydrogens (tertiary/aromatic N) is 6. The molecule has 1 N–H and O–H groups in total. The second kappa shape index (κ2) is 6.84. The van der Waals surface area contributed by atoms with Gasteiger partial charge in [-0.05, 0) is 36.6 Å². The monoisotopic (exact) mass is 423 g/mol. The first-order chi connectivity index (χ1) is 14.8. The molecule has 7 nitrogen and oxygen atoms in total. The minimum absolute atomic E-state index is 0.102. The van der Waals surface area contributed by atoms with Gasteiger partial charge in [0.2, 0.25) is 0 Å². The van der Waals surface area contributed by atoms with Crippen molar-refractivity contribution in [3.05, 3.63) is 65.4 Å². The highest BCUT2D eigenvalue weighted by Crippen LogP contribution is 2.42. The first-order valence-electron chi connectivity index (χ1n) is 9.57. The molecule has 1 atom stereocenters. The maximum Gasteiger partial charge on any atom is 0.418 e. The van der Waals surface area contributed by atoms with Gasteiger partial charge in [-0.25, -0.2) is 4.68 Å². The second-order valence-electron chi connectivity index (χ2n) is 7.46. The van der Waals surface area contributed by atoms with E-state index < -0.39 is 17.3 Å². The molecule has 10 heteroatoms. The molecular formula is C21H16F3N7. The van der Waals surface area contributed by atoms with E-state index in [1.54, 1.807) is 27.8 Å². The van der Waals surface area contributed by atoms with Crippen LogP contribution in [0.15, 0.2) is 43.0 Å². The van der Waals surface area contributed by atoms with Gasteiger partial charge in [0.05, 0.1) is 47.0 Å². The lowest BCUT2D eigenvalue weighted by atomic mass is 10.0.